The van der Waals surface area contributed by atoms with Crippen LogP contribution in [-0.4, -0.2) is 39.6 Å². The fraction of sp³-hybridized carbons (Fsp3) is 0.636. The summed E-state index contributed by atoms with van der Waals surface area (Å²) in [6.07, 6.45) is 3.95. The number of aryl methyl sites for hydroxylation is 1. The maximum absolute atomic E-state index is 12.1. The van der Waals surface area contributed by atoms with Crippen LogP contribution < -0.4 is 0 Å². The van der Waals surface area contributed by atoms with Gasteiger partial charge in [-0.15, -0.1) is 11.6 Å². The molecule has 1 aliphatic heterocycles. The van der Waals surface area contributed by atoms with Crippen molar-refractivity contribution in [3.63, 3.8) is 0 Å². The Morgan fingerprint density at radius 3 is 3.12 bits per heavy atom. The van der Waals surface area contributed by atoms with Crippen molar-refractivity contribution in [3.05, 3.63) is 18.0 Å². The molecule has 1 saturated heterocycles. The molecule has 5 heteroatoms. The minimum atomic E-state index is 0.0235. The number of carbonyl (C=O) groups excluding carboxylic acids is 1. The second-order valence-electron chi connectivity index (χ2n) is 4.29. The van der Waals surface area contributed by atoms with Crippen LogP contribution in [0.25, 0.3) is 0 Å². The van der Waals surface area contributed by atoms with Gasteiger partial charge < -0.3 is 4.90 Å². The van der Waals surface area contributed by atoms with Crippen LogP contribution >= 0.6 is 11.6 Å². The van der Waals surface area contributed by atoms with E-state index in [0.29, 0.717) is 17.5 Å². The minimum Gasteiger partial charge on any atom is -0.337 e. The molecule has 2 heterocycles. The van der Waals surface area contributed by atoms with Crippen LogP contribution in [0.15, 0.2) is 12.3 Å². The van der Waals surface area contributed by atoms with Gasteiger partial charge in [0.25, 0.3) is 5.91 Å². The van der Waals surface area contributed by atoms with E-state index in [4.69, 9.17) is 11.6 Å². The Hall–Kier alpha value is -1.03. The van der Waals surface area contributed by atoms with Crippen LogP contribution in [0.4, 0.5) is 0 Å². The molecule has 0 spiro atoms. The normalized spacial score (nSPS) is 21.1. The lowest BCUT2D eigenvalue weighted by Gasteiger charge is -2.31. The van der Waals surface area contributed by atoms with Gasteiger partial charge in [-0.25, -0.2) is 0 Å². The van der Waals surface area contributed by atoms with Gasteiger partial charge in [0, 0.05) is 32.2 Å². The fourth-order valence-electron chi connectivity index (χ4n) is 2.07. The highest BCUT2D eigenvalue weighted by atomic mass is 35.5. The number of likely N-dealkylation sites (tertiary alicyclic amines) is 1. The molecular formula is C11H16ClN3O. The van der Waals surface area contributed by atoms with Gasteiger partial charge >= 0.3 is 0 Å². The van der Waals surface area contributed by atoms with Crippen molar-refractivity contribution in [2.45, 2.75) is 12.8 Å². The van der Waals surface area contributed by atoms with Crippen molar-refractivity contribution >= 4 is 17.5 Å². The number of hydrogen-bond acceptors (Lipinski definition) is 2. The first-order valence-electron chi connectivity index (χ1n) is 5.55. The second-order valence-corrected chi connectivity index (χ2v) is 4.60. The maximum atomic E-state index is 12.1. The summed E-state index contributed by atoms with van der Waals surface area (Å²) < 4.78 is 1.65. The van der Waals surface area contributed by atoms with Crippen LogP contribution in [0.2, 0.25) is 0 Å². The lowest BCUT2D eigenvalue weighted by Crippen LogP contribution is -2.40. The van der Waals surface area contributed by atoms with Crippen molar-refractivity contribution in [2.24, 2.45) is 13.0 Å². The van der Waals surface area contributed by atoms with E-state index in [9.17, 15) is 4.79 Å². The highest BCUT2D eigenvalue weighted by molar-refractivity contribution is 6.18. The average molecular weight is 242 g/mol. The summed E-state index contributed by atoms with van der Waals surface area (Å²) in [7, 11) is 1.81. The molecule has 4 nitrogen and oxygen atoms in total. The molecule has 1 aromatic heterocycles. The van der Waals surface area contributed by atoms with Crippen LogP contribution in [0.3, 0.4) is 0 Å². The van der Waals surface area contributed by atoms with E-state index in [1.807, 2.05) is 11.9 Å². The van der Waals surface area contributed by atoms with E-state index in [1.54, 1.807) is 16.9 Å². The molecule has 1 amide bonds. The molecule has 0 N–H and O–H groups in total. The fourth-order valence-corrected chi connectivity index (χ4v) is 2.32. The number of hydrogen-bond donors (Lipinski definition) is 0. The first kappa shape index (κ1) is 11.5. The molecule has 1 atom stereocenters. The molecule has 0 radical (unpaired) electrons. The number of rotatable bonds is 2. The van der Waals surface area contributed by atoms with Crippen LogP contribution in [0.1, 0.15) is 23.3 Å². The van der Waals surface area contributed by atoms with Gasteiger partial charge in [0.05, 0.1) is 0 Å². The Bertz CT molecular complexity index is 377. The molecule has 1 aliphatic rings. The topological polar surface area (TPSA) is 38.1 Å². The SMILES string of the molecule is Cn1ccc(C(=O)N2CCCC(CCl)C2)n1. The van der Waals surface area contributed by atoms with Gasteiger partial charge in [-0.05, 0) is 24.8 Å². The molecule has 0 saturated carbocycles. The van der Waals surface area contributed by atoms with E-state index >= 15 is 0 Å². The highest BCUT2D eigenvalue weighted by Gasteiger charge is 2.24. The number of carbonyl (C=O) groups is 1. The predicted molar refractivity (Wildman–Crippen MR) is 62.6 cm³/mol. The third kappa shape index (κ3) is 2.38. The molecule has 2 rings (SSSR count). The van der Waals surface area contributed by atoms with Gasteiger partial charge in [0.15, 0.2) is 0 Å². The molecule has 1 fully saturated rings. The number of piperidine rings is 1. The summed E-state index contributed by atoms with van der Waals surface area (Å²) in [5.41, 5.74) is 0.526. The number of alkyl halides is 1. The number of nitrogens with zero attached hydrogens (tertiary/aromatic N) is 3. The van der Waals surface area contributed by atoms with E-state index in [2.05, 4.69) is 5.10 Å². The highest BCUT2D eigenvalue weighted by Crippen LogP contribution is 2.19. The molecule has 0 aromatic carbocycles. The Morgan fingerprint density at radius 2 is 2.50 bits per heavy atom. The van der Waals surface area contributed by atoms with Gasteiger partial charge in [-0.3, -0.25) is 9.48 Å². The Labute approximate surface area is 100 Å². The molecule has 88 valence electrons. The van der Waals surface area contributed by atoms with Gasteiger partial charge in [-0.2, -0.15) is 5.10 Å². The summed E-state index contributed by atoms with van der Waals surface area (Å²) >= 11 is 5.84. The van der Waals surface area contributed by atoms with Crippen molar-refractivity contribution in [1.82, 2.24) is 14.7 Å². The first-order chi connectivity index (χ1) is 7.70. The predicted octanol–water partition coefficient (Wildman–Crippen LogP) is 1.51. The van der Waals surface area contributed by atoms with Gasteiger partial charge in [-0.1, -0.05) is 0 Å². The van der Waals surface area contributed by atoms with Crippen molar-refractivity contribution in [1.29, 1.82) is 0 Å². The summed E-state index contributed by atoms with van der Waals surface area (Å²) in [5.74, 6) is 1.09. The molecular weight excluding hydrogens is 226 g/mol. The number of aromatic nitrogens is 2. The monoisotopic (exact) mass is 241 g/mol. The van der Waals surface area contributed by atoms with E-state index < -0.39 is 0 Å². The van der Waals surface area contributed by atoms with Crippen LogP contribution in [-0.2, 0) is 7.05 Å². The number of amides is 1. The molecule has 0 bridgehead atoms. The van der Waals surface area contributed by atoms with Gasteiger partial charge in [0.1, 0.15) is 5.69 Å². The third-order valence-electron chi connectivity index (χ3n) is 2.96. The van der Waals surface area contributed by atoms with Crippen molar-refractivity contribution in [3.8, 4) is 0 Å². The summed E-state index contributed by atoms with van der Waals surface area (Å²) in [5, 5.41) is 4.13. The zero-order valence-electron chi connectivity index (χ0n) is 9.40. The Morgan fingerprint density at radius 1 is 1.69 bits per heavy atom. The zero-order valence-corrected chi connectivity index (χ0v) is 10.2. The Kier molecular flexibility index (Phi) is 3.49. The lowest BCUT2D eigenvalue weighted by atomic mass is 10.00. The minimum absolute atomic E-state index is 0.0235. The molecule has 16 heavy (non-hydrogen) atoms. The average Bonchev–Trinajstić information content (AvgIpc) is 2.75. The quantitative estimate of drug-likeness (QED) is 0.737. The molecule has 0 aliphatic carbocycles. The van der Waals surface area contributed by atoms with E-state index in [0.717, 1.165) is 25.9 Å². The maximum Gasteiger partial charge on any atom is 0.274 e. The van der Waals surface area contributed by atoms with E-state index in [1.165, 1.54) is 0 Å². The molecule has 1 unspecified atom stereocenters. The largest absolute Gasteiger partial charge is 0.337 e. The zero-order chi connectivity index (χ0) is 11.5. The third-order valence-corrected chi connectivity index (χ3v) is 3.39. The second kappa shape index (κ2) is 4.87. The smallest absolute Gasteiger partial charge is 0.274 e. The van der Waals surface area contributed by atoms with Gasteiger partial charge in [0.2, 0.25) is 0 Å². The van der Waals surface area contributed by atoms with Crippen molar-refractivity contribution in [2.75, 3.05) is 19.0 Å². The van der Waals surface area contributed by atoms with E-state index in [-0.39, 0.29) is 5.91 Å². The first-order valence-corrected chi connectivity index (χ1v) is 6.09. The lowest BCUT2D eigenvalue weighted by molar-refractivity contribution is 0.0678. The van der Waals surface area contributed by atoms with Crippen molar-refractivity contribution < 1.29 is 4.79 Å². The molecule has 1 aromatic rings. The van der Waals surface area contributed by atoms with Crippen LogP contribution in [0, 0.1) is 5.92 Å². The summed E-state index contributed by atoms with van der Waals surface area (Å²) in [6, 6.07) is 1.76. The summed E-state index contributed by atoms with van der Waals surface area (Å²) in [6.45, 7) is 1.59. The standard InChI is InChI=1S/C11H16ClN3O/c1-14-6-4-10(13-14)11(16)15-5-2-3-9(7-12)8-15/h4,6,9H,2-3,5,7-8H2,1H3. The Balaban J connectivity index is 2.04. The van der Waals surface area contributed by atoms with Crippen LogP contribution in [0.5, 0.6) is 0 Å². The number of halogens is 1. The summed E-state index contributed by atoms with van der Waals surface area (Å²) in [4.78, 5) is 13.9.